The van der Waals surface area contributed by atoms with Crippen molar-refractivity contribution in [3.05, 3.63) is 368 Å². The zero-order valence-corrected chi connectivity index (χ0v) is 51.6. The Morgan fingerprint density at radius 1 is 0.632 bits per heavy atom. The van der Waals surface area contributed by atoms with Crippen LogP contribution in [0.5, 0.6) is 0 Å². The summed E-state index contributed by atoms with van der Waals surface area (Å²) in [5.41, 5.74) is 19.2. The summed E-state index contributed by atoms with van der Waals surface area (Å²) in [6.07, 6.45) is 47.4. The number of thiophene rings is 1. The zero-order valence-electron chi connectivity index (χ0n) is 49.9. The fraction of sp³-hybridized carbons (Fsp3) is 0.108. The van der Waals surface area contributed by atoms with Gasteiger partial charge in [-0.2, -0.15) is 0 Å². The molecule has 3 aliphatic rings. The van der Waals surface area contributed by atoms with Gasteiger partial charge in [0.2, 0.25) is 0 Å². The molecule has 4 heteroatoms. The Labute approximate surface area is 526 Å². The van der Waals surface area contributed by atoms with Crippen molar-refractivity contribution in [3.8, 4) is 32.0 Å². The summed E-state index contributed by atoms with van der Waals surface area (Å²) in [4.78, 5) is 8.41. The number of fused-ring (bicyclic) bond motifs is 3. The lowest BCUT2D eigenvalue weighted by atomic mass is 9.73. The molecule has 0 radical (unpaired) electrons. The Bertz CT molecular complexity index is 4090. The van der Waals surface area contributed by atoms with Gasteiger partial charge in [-0.3, -0.25) is 0 Å². The van der Waals surface area contributed by atoms with Gasteiger partial charge in [0.15, 0.2) is 0 Å². The van der Waals surface area contributed by atoms with Gasteiger partial charge < -0.3 is 9.80 Å². The van der Waals surface area contributed by atoms with Crippen LogP contribution >= 0.6 is 24.0 Å². The largest absolute Gasteiger partial charge is 0.344 e. The van der Waals surface area contributed by atoms with Crippen molar-refractivity contribution in [1.82, 2.24) is 4.90 Å². The Balaban J connectivity index is 0.870. The highest BCUT2D eigenvalue weighted by molar-refractivity contribution is 7.90. The second-order valence-corrected chi connectivity index (χ2v) is 24.2. The molecule has 3 aliphatic carbocycles. The molecule has 0 fully saturated rings. The summed E-state index contributed by atoms with van der Waals surface area (Å²) in [7, 11) is 0. The van der Waals surface area contributed by atoms with Crippen LogP contribution in [0.1, 0.15) is 61.4 Å². The Morgan fingerprint density at radius 3 is 1.95 bits per heavy atom. The normalized spacial score (nSPS) is 17.5. The predicted molar refractivity (Wildman–Crippen MR) is 382 cm³/mol. The molecule has 1 heterocycles. The molecule has 11 rings (SSSR count). The van der Waals surface area contributed by atoms with Gasteiger partial charge in [0.1, 0.15) is 0 Å². The van der Waals surface area contributed by atoms with Crippen molar-refractivity contribution in [2.75, 3.05) is 4.90 Å². The highest BCUT2D eigenvalue weighted by Gasteiger charge is 2.45. The van der Waals surface area contributed by atoms with Crippen LogP contribution in [-0.2, 0) is 5.41 Å². The minimum Gasteiger partial charge on any atom is -0.344 e. The maximum atomic E-state index is 4.72. The fourth-order valence-electron chi connectivity index (χ4n) is 12.0. The molecule has 1 aromatic heterocycles. The standard InChI is InChI=1S/C83H74N2S2/c1-6-9-10-16-27-62-37-46-71(47-38-62)85(72-48-43-64(44-49-72)63-29-19-13-20-30-63)74-51-53-76-75-52-50-73(59-77(75)83(4,5)78(76)60-74)84(57-7-2)79-54-45-69(65-39-41-68(42-40-65)82-56-55-81(87-82)67-33-23-15-24-34-67)58-70(79)35-18-12-11-17-26-61(8-3)28-25-36-80(86)66-31-21-14-22-32-66/h6-11,13-58,60,70,77,79,86H,1,3,12,59H2,2,4-5H3/b10-9-,17-11+,27-16+,28-25+,35-18+,57-7+,61-26+,80-36-. The van der Waals surface area contributed by atoms with Crippen molar-refractivity contribution in [3.63, 3.8) is 0 Å². The molecular weight excluding hydrogens is 1090 g/mol. The van der Waals surface area contributed by atoms with E-state index < -0.39 is 0 Å². The lowest BCUT2D eigenvalue weighted by Gasteiger charge is -2.40. The van der Waals surface area contributed by atoms with E-state index in [0.29, 0.717) is 0 Å². The highest BCUT2D eigenvalue weighted by Crippen LogP contribution is 2.56. The summed E-state index contributed by atoms with van der Waals surface area (Å²) in [5.74, 6) is 0.366. The van der Waals surface area contributed by atoms with E-state index in [-0.39, 0.29) is 23.3 Å². The molecule has 87 heavy (non-hydrogen) atoms. The number of thiol groups is 1. The Hall–Kier alpha value is -9.45. The van der Waals surface area contributed by atoms with Crippen LogP contribution in [0, 0.1) is 11.8 Å². The first kappa shape index (κ1) is 59.3. The van der Waals surface area contributed by atoms with Crippen molar-refractivity contribution >= 4 is 63.2 Å². The lowest BCUT2D eigenvalue weighted by molar-refractivity contribution is 0.310. The molecule has 3 atom stereocenters. The minimum absolute atomic E-state index is 0.0528. The Morgan fingerprint density at radius 2 is 1.26 bits per heavy atom. The number of nitrogens with zero attached hydrogens (tertiary/aromatic N) is 2. The number of benzene rings is 7. The van der Waals surface area contributed by atoms with Crippen LogP contribution in [0.3, 0.4) is 0 Å². The molecule has 0 bridgehead atoms. The average Bonchev–Trinajstić information content (AvgIpc) is 1.66. The van der Waals surface area contributed by atoms with Gasteiger partial charge in [0.05, 0.1) is 6.04 Å². The minimum atomic E-state index is -0.154. The third kappa shape index (κ3) is 14.0. The van der Waals surface area contributed by atoms with Gasteiger partial charge in [-0.15, -0.1) is 24.0 Å². The van der Waals surface area contributed by atoms with Crippen LogP contribution in [0.4, 0.5) is 17.1 Å². The van der Waals surface area contributed by atoms with Crippen molar-refractivity contribution in [2.45, 2.75) is 45.1 Å². The number of rotatable bonds is 21. The van der Waals surface area contributed by atoms with E-state index in [4.69, 9.17) is 12.6 Å². The van der Waals surface area contributed by atoms with Crippen LogP contribution in [0.25, 0.3) is 54.1 Å². The molecule has 0 saturated carbocycles. The van der Waals surface area contributed by atoms with Crippen LogP contribution in [0.15, 0.2) is 340 Å². The fourth-order valence-corrected chi connectivity index (χ4v) is 13.3. The smallest absolute Gasteiger partial charge is 0.0614 e. The van der Waals surface area contributed by atoms with Crippen molar-refractivity contribution < 1.29 is 0 Å². The van der Waals surface area contributed by atoms with Crippen LogP contribution in [-0.4, -0.2) is 10.9 Å². The number of allylic oxidation sites excluding steroid dienone is 20. The summed E-state index contributed by atoms with van der Waals surface area (Å²) < 4.78 is 0. The number of anilines is 3. The van der Waals surface area contributed by atoms with Gasteiger partial charge in [-0.05, 0) is 159 Å². The molecule has 0 N–H and O–H groups in total. The highest BCUT2D eigenvalue weighted by atomic mass is 32.1. The molecule has 8 aromatic rings. The van der Waals surface area contributed by atoms with Gasteiger partial charge in [0, 0.05) is 49.5 Å². The quantitative estimate of drug-likeness (QED) is 0.0435. The topological polar surface area (TPSA) is 6.48 Å². The number of hydrogen-bond acceptors (Lipinski definition) is 4. The maximum absolute atomic E-state index is 4.72. The van der Waals surface area contributed by atoms with E-state index in [1.54, 1.807) is 6.08 Å². The zero-order chi connectivity index (χ0) is 60.0. The molecule has 3 unspecified atom stereocenters. The van der Waals surface area contributed by atoms with Gasteiger partial charge in [0.25, 0.3) is 0 Å². The van der Waals surface area contributed by atoms with E-state index in [2.05, 4.69) is 311 Å². The first-order chi connectivity index (χ1) is 42.7. The van der Waals surface area contributed by atoms with Gasteiger partial charge in [-0.1, -0.05) is 282 Å². The van der Waals surface area contributed by atoms with E-state index in [9.17, 15) is 0 Å². The van der Waals surface area contributed by atoms with Crippen molar-refractivity contribution in [2.24, 2.45) is 11.8 Å². The van der Waals surface area contributed by atoms with E-state index in [0.717, 1.165) is 51.5 Å². The monoisotopic (exact) mass is 1160 g/mol. The van der Waals surface area contributed by atoms with Crippen LogP contribution in [0.2, 0.25) is 0 Å². The first-order valence-corrected chi connectivity index (χ1v) is 31.4. The lowest BCUT2D eigenvalue weighted by Crippen LogP contribution is -2.37. The van der Waals surface area contributed by atoms with E-state index in [1.165, 1.54) is 65.5 Å². The third-order valence-corrected chi connectivity index (χ3v) is 18.3. The van der Waals surface area contributed by atoms with Crippen LogP contribution < -0.4 is 4.90 Å². The van der Waals surface area contributed by atoms with Crippen molar-refractivity contribution in [1.29, 1.82) is 0 Å². The van der Waals surface area contributed by atoms with E-state index in [1.807, 2.05) is 59.9 Å². The molecule has 7 aromatic carbocycles. The second-order valence-electron chi connectivity index (χ2n) is 22.6. The molecule has 428 valence electrons. The molecule has 0 spiro atoms. The molecule has 0 saturated heterocycles. The molecule has 0 aliphatic heterocycles. The van der Waals surface area contributed by atoms with Gasteiger partial charge in [-0.25, -0.2) is 0 Å². The molecular formula is C83H74N2S2. The summed E-state index contributed by atoms with van der Waals surface area (Å²) in [5, 5.41) is 0. The first-order valence-electron chi connectivity index (χ1n) is 30.1. The average molecular weight is 1160 g/mol. The summed E-state index contributed by atoms with van der Waals surface area (Å²) in [6, 6.07) is 70.1. The predicted octanol–water partition coefficient (Wildman–Crippen LogP) is 23.2. The SMILES string of the molecule is C=C/C=C\C=C\c1ccc(N(c2ccc(-c3ccccc3)cc2)c2ccc3c(c2)C(C)(C)C2CC(N(/C=C/C)C4C=CC(c5ccc(-c6ccc(-c7ccccc7)s6)cc5)=CC4/C=C/C/C=C/C=C(C=C)/C=C/C=C(\S)c4ccccc4)=CC=C32)cc1. The third-order valence-electron chi connectivity index (χ3n) is 16.7. The molecule has 2 nitrogen and oxygen atoms in total. The Kier molecular flexibility index (Phi) is 19.2. The number of hydrogen-bond donors (Lipinski definition) is 1. The van der Waals surface area contributed by atoms with Gasteiger partial charge >= 0.3 is 0 Å². The second kappa shape index (κ2) is 28.2. The summed E-state index contributed by atoms with van der Waals surface area (Å²) >= 11 is 6.56. The summed E-state index contributed by atoms with van der Waals surface area (Å²) in [6.45, 7) is 14.9. The molecule has 0 amide bonds. The maximum Gasteiger partial charge on any atom is 0.0614 e. The van der Waals surface area contributed by atoms with E-state index >= 15 is 0 Å².